The van der Waals surface area contributed by atoms with Gasteiger partial charge in [0, 0.05) is 17.2 Å². The maximum absolute atomic E-state index is 13.1. The molecule has 7 nitrogen and oxygen atoms in total. The van der Waals surface area contributed by atoms with Gasteiger partial charge in [-0.2, -0.15) is 0 Å². The smallest absolute Gasteiger partial charge is 0.272 e. The number of carbonyl (C=O) groups is 1. The number of amides is 1. The highest BCUT2D eigenvalue weighted by molar-refractivity contribution is 8.00. The summed E-state index contributed by atoms with van der Waals surface area (Å²) >= 11 is 10.1. The van der Waals surface area contributed by atoms with Gasteiger partial charge in [0.1, 0.15) is 5.01 Å². The summed E-state index contributed by atoms with van der Waals surface area (Å²) in [5.74, 6) is 0.719. The molecule has 0 atom stereocenters. The molecule has 1 aromatic carbocycles. The highest BCUT2D eigenvalue weighted by Crippen LogP contribution is 2.30. The Labute approximate surface area is 184 Å². The van der Waals surface area contributed by atoms with E-state index in [4.69, 9.17) is 11.6 Å². The van der Waals surface area contributed by atoms with Crippen LogP contribution in [-0.4, -0.2) is 37.2 Å². The number of fused-ring (bicyclic) bond motifs is 1. The Morgan fingerprint density at radius 2 is 2.10 bits per heavy atom. The van der Waals surface area contributed by atoms with E-state index in [1.165, 1.54) is 34.9 Å². The van der Waals surface area contributed by atoms with Crippen LogP contribution >= 0.6 is 46.5 Å². The summed E-state index contributed by atoms with van der Waals surface area (Å²) in [6, 6.07) is 7.00. The van der Waals surface area contributed by atoms with Crippen LogP contribution in [0.3, 0.4) is 0 Å². The third kappa shape index (κ3) is 4.50. The summed E-state index contributed by atoms with van der Waals surface area (Å²) in [4.78, 5) is 30.8. The lowest BCUT2D eigenvalue weighted by atomic mass is 10.3. The third-order valence-corrected chi connectivity index (χ3v) is 7.38. The van der Waals surface area contributed by atoms with Crippen LogP contribution in [0.15, 0.2) is 39.1 Å². The van der Waals surface area contributed by atoms with Gasteiger partial charge in [-0.1, -0.05) is 41.6 Å². The summed E-state index contributed by atoms with van der Waals surface area (Å²) in [6.07, 6.45) is 1.52. The maximum atomic E-state index is 13.1. The number of halogens is 1. The quantitative estimate of drug-likeness (QED) is 0.438. The zero-order valence-electron chi connectivity index (χ0n) is 15.3. The second-order valence-corrected chi connectivity index (χ2v) is 9.62. The molecule has 1 N–H and O–H groups in total. The van der Waals surface area contributed by atoms with Crippen molar-refractivity contribution in [3.05, 3.63) is 50.3 Å². The number of carbonyl (C=O) groups excluding carboxylic acids is 1. The van der Waals surface area contributed by atoms with Crippen LogP contribution in [-0.2, 0) is 17.6 Å². The van der Waals surface area contributed by atoms with Crippen LogP contribution < -0.4 is 10.9 Å². The van der Waals surface area contributed by atoms with Crippen LogP contribution in [0.1, 0.15) is 17.6 Å². The van der Waals surface area contributed by atoms with Gasteiger partial charge >= 0.3 is 0 Å². The van der Waals surface area contributed by atoms with Gasteiger partial charge in [-0.15, -0.1) is 22.0 Å². The molecule has 0 unspecified atom stereocenters. The second-order valence-electron chi connectivity index (χ2n) is 6.08. The van der Waals surface area contributed by atoms with Crippen molar-refractivity contribution < 1.29 is 4.79 Å². The average molecular weight is 466 g/mol. The number of aryl methyl sites for hydroxylation is 2. The summed E-state index contributed by atoms with van der Waals surface area (Å²) < 4.78 is 1.55. The molecule has 11 heteroatoms. The SMILES string of the molecule is CCc1nnc(NC(=O)CSc2nc3c(c(=O)n2-c2ccc(Cl)cc2)SCC3)s1. The molecule has 29 heavy (non-hydrogen) atoms. The predicted octanol–water partition coefficient (Wildman–Crippen LogP) is 3.68. The number of thioether (sulfide) groups is 2. The predicted molar refractivity (Wildman–Crippen MR) is 118 cm³/mol. The first-order chi connectivity index (χ1) is 14.0. The van der Waals surface area contributed by atoms with E-state index in [1.54, 1.807) is 28.8 Å². The van der Waals surface area contributed by atoms with Crippen molar-refractivity contribution in [2.45, 2.75) is 29.8 Å². The topological polar surface area (TPSA) is 89.8 Å². The first-order valence-electron chi connectivity index (χ1n) is 8.85. The molecule has 0 aliphatic carbocycles. The van der Waals surface area contributed by atoms with E-state index in [2.05, 4.69) is 20.5 Å². The first-order valence-corrected chi connectivity index (χ1v) is 12.0. The van der Waals surface area contributed by atoms with E-state index in [1.807, 2.05) is 6.92 Å². The molecule has 3 heterocycles. The van der Waals surface area contributed by atoms with Crippen molar-refractivity contribution in [3.8, 4) is 5.69 Å². The minimum absolute atomic E-state index is 0.104. The third-order valence-electron chi connectivity index (χ3n) is 4.10. The molecule has 150 valence electrons. The summed E-state index contributed by atoms with van der Waals surface area (Å²) in [7, 11) is 0. The van der Waals surface area contributed by atoms with Gasteiger partial charge in [-0.25, -0.2) is 4.98 Å². The molecular weight excluding hydrogens is 450 g/mol. The standard InChI is InChI=1S/C18H16ClN5O2S3/c1-2-14-22-23-17(29-14)21-13(25)9-28-18-20-12-7-8-27-15(12)16(26)24(18)11-5-3-10(19)4-6-11/h3-6H,2,7-9H2,1H3,(H,21,23,25). The number of rotatable bonds is 6. The molecular formula is C18H16ClN5O2S3. The van der Waals surface area contributed by atoms with Gasteiger partial charge in [-0.3, -0.25) is 19.5 Å². The van der Waals surface area contributed by atoms with Gasteiger partial charge < -0.3 is 0 Å². The fourth-order valence-electron chi connectivity index (χ4n) is 2.74. The van der Waals surface area contributed by atoms with Crippen LogP contribution in [0.2, 0.25) is 5.02 Å². The lowest BCUT2D eigenvalue weighted by molar-refractivity contribution is -0.113. The fraction of sp³-hybridized carbons (Fsp3) is 0.278. The van der Waals surface area contributed by atoms with E-state index in [9.17, 15) is 9.59 Å². The van der Waals surface area contributed by atoms with Crippen LogP contribution in [0, 0.1) is 0 Å². The van der Waals surface area contributed by atoms with Crippen LogP contribution in [0.4, 0.5) is 5.13 Å². The molecule has 1 amide bonds. The van der Waals surface area contributed by atoms with E-state index >= 15 is 0 Å². The van der Waals surface area contributed by atoms with E-state index < -0.39 is 0 Å². The van der Waals surface area contributed by atoms with Crippen molar-refractivity contribution in [1.82, 2.24) is 19.7 Å². The molecule has 0 saturated heterocycles. The Morgan fingerprint density at radius 3 is 2.83 bits per heavy atom. The molecule has 0 saturated carbocycles. The van der Waals surface area contributed by atoms with E-state index in [-0.39, 0.29) is 17.2 Å². The Bertz CT molecular complexity index is 1110. The molecule has 0 fully saturated rings. The fourth-order valence-corrected chi connectivity index (χ4v) is 5.41. The number of nitrogens with zero attached hydrogens (tertiary/aromatic N) is 4. The highest BCUT2D eigenvalue weighted by Gasteiger charge is 2.23. The van der Waals surface area contributed by atoms with Crippen molar-refractivity contribution in [2.75, 3.05) is 16.8 Å². The van der Waals surface area contributed by atoms with Crippen LogP contribution in [0.25, 0.3) is 5.69 Å². The highest BCUT2D eigenvalue weighted by atomic mass is 35.5. The number of anilines is 1. The molecule has 1 aliphatic heterocycles. The van der Waals surface area contributed by atoms with Gasteiger partial charge in [0.2, 0.25) is 11.0 Å². The molecule has 2 aromatic heterocycles. The summed E-state index contributed by atoms with van der Waals surface area (Å²) in [6.45, 7) is 1.98. The van der Waals surface area contributed by atoms with Gasteiger partial charge in [0.25, 0.3) is 5.56 Å². The average Bonchev–Trinajstić information content (AvgIpc) is 3.37. The summed E-state index contributed by atoms with van der Waals surface area (Å²) in [5.41, 5.74) is 1.35. The molecule has 3 aromatic rings. The number of nitrogens with one attached hydrogen (secondary N) is 1. The van der Waals surface area contributed by atoms with Crippen molar-refractivity contribution in [3.63, 3.8) is 0 Å². The Balaban J connectivity index is 1.59. The first kappa shape index (κ1) is 20.4. The van der Waals surface area contributed by atoms with Crippen molar-refractivity contribution in [1.29, 1.82) is 0 Å². The van der Waals surface area contributed by atoms with E-state index in [0.717, 1.165) is 29.3 Å². The second kappa shape index (κ2) is 8.86. The minimum atomic E-state index is -0.222. The van der Waals surface area contributed by atoms with Gasteiger partial charge in [0.15, 0.2) is 5.16 Å². The van der Waals surface area contributed by atoms with Gasteiger partial charge in [0.05, 0.1) is 22.0 Å². The number of benzene rings is 1. The number of aromatic nitrogens is 4. The van der Waals surface area contributed by atoms with E-state index in [0.29, 0.717) is 25.9 Å². The van der Waals surface area contributed by atoms with Crippen molar-refractivity contribution >= 4 is 57.5 Å². The Morgan fingerprint density at radius 1 is 1.31 bits per heavy atom. The summed E-state index contributed by atoms with van der Waals surface area (Å²) in [5, 5.41) is 13.1. The molecule has 0 radical (unpaired) electrons. The molecule has 0 bridgehead atoms. The maximum Gasteiger partial charge on any atom is 0.272 e. The van der Waals surface area contributed by atoms with Gasteiger partial charge in [-0.05, 0) is 30.7 Å². The Kier molecular flexibility index (Phi) is 6.23. The molecule has 1 aliphatic rings. The molecule has 4 rings (SSSR count). The lowest BCUT2D eigenvalue weighted by Gasteiger charge is -2.13. The normalized spacial score (nSPS) is 12.8. The molecule has 0 spiro atoms. The zero-order valence-corrected chi connectivity index (χ0v) is 18.6. The Hall–Kier alpha value is -1.88. The monoisotopic (exact) mass is 465 g/mol. The minimum Gasteiger partial charge on any atom is -0.300 e. The number of hydrogen-bond donors (Lipinski definition) is 1. The number of hydrogen-bond acceptors (Lipinski definition) is 8. The van der Waals surface area contributed by atoms with Crippen molar-refractivity contribution in [2.24, 2.45) is 0 Å². The van der Waals surface area contributed by atoms with Crippen LogP contribution in [0.5, 0.6) is 0 Å². The lowest BCUT2D eigenvalue weighted by Crippen LogP contribution is -2.24. The largest absolute Gasteiger partial charge is 0.300 e. The zero-order chi connectivity index (χ0) is 20.4.